The zero-order chi connectivity index (χ0) is 21.4. The number of benzene rings is 2. The maximum atomic E-state index is 14.9. The summed E-state index contributed by atoms with van der Waals surface area (Å²) in [6.07, 6.45) is 2.46. The Morgan fingerprint density at radius 2 is 1.83 bits per heavy atom. The van der Waals surface area contributed by atoms with Crippen molar-refractivity contribution in [2.45, 2.75) is 19.9 Å². The van der Waals surface area contributed by atoms with Gasteiger partial charge in [0.1, 0.15) is 11.2 Å². The molecule has 0 amide bonds. The van der Waals surface area contributed by atoms with Gasteiger partial charge in [0.25, 0.3) is 5.56 Å². The highest BCUT2D eigenvalue weighted by Crippen LogP contribution is 2.25. The number of aromatic amines is 1. The fourth-order valence-corrected chi connectivity index (χ4v) is 3.62. The van der Waals surface area contributed by atoms with Gasteiger partial charge < -0.3 is 4.98 Å². The molecule has 2 aromatic carbocycles. The first-order chi connectivity index (χ1) is 14.4. The molecule has 4 rings (SSSR count). The summed E-state index contributed by atoms with van der Waals surface area (Å²) in [5.74, 6) is -2.74. The molecule has 5 nitrogen and oxygen atoms in total. The second-order valence-corrected chi connectivity index (χ2v) is 7.34. The third-order valence-corrected chi connectivity index (χ3v) is 5.25. The van der Waals surface area contributed by atoms with Crippen molar-refractivity contribution in [1.29, 1.82) is 0 Å². The van der Waals surface area contributed by atoms with E-state index in [2.05, 4.69) is 9.97 Å². The van der Waals surface area contributed by atoms with Gasteiger partial charge in [-0.1, -0.05) is 23.8 Å². The molecule has 0 radical (unpaired) electrons. The van der Waals surface area contributed by atoms with Crippen LogP contribution in [0.5, 0.6) is 0 Å². The van der Waals surface area contributed by atoms with Crippen molar-refractivity contribution in [3.8, 4) is 0 Å². The molecular weight excluding hydrogens is 395 g/mol. The Balaban J connectivity index is 1.55. The minimum absolute atomic E-state index is 0.0749. The number of likely N-dealkylation sites (tertiary alicyclic amines) is 1. The third-order valence-electron chi connectivity index (χ3n) is 5.25. The molecule has 1 N–H and O–H groups in total. The number of rotatable bonds is 4. The third kappa shape index (κ3) is 3.66. The first-order valence-corrected chi connectivity index (χ1v) is 9.40. The molecule has 0 spiro atoms. The van der Waals surface area contributed by atoms with E-state index >= 15 is 0 Å². The molecule has 0 unspecified atom stereocenters. The maximum absolute atomic E-state index is 14.9. The molecule has 1 aliphatic rings. The van der Waals surface area contributed by atoms with E-state index in [1.807, 2.05) is 4.90 Å². The number of aryl methyl sites for hydroxylation is 1. The molecule has 1 aromatic heterocycles. The molecule has 0 bridgehead atoms. The van der Waals surface area contributed by atoms with E-state index in [1.54, 1.807) is 25.1 Å². The summed E-state index contributed by atoms with van der Waals surface area (Å²) in [6.45, 7) is 2.96. The molecule has 0 aliphatic carbocycles. The van der Waals surface area contributed by atoms with E-state index in [1.165, 1.54) is 12.1 Å². The second kappa shape index (κ2) is 7.87. The molecular formula is C22H18F3N3O2. The van der Waals surface area contributed by atoms with E-state index in [-0.39, 0.29) is 28.6 Å². The van der Waals surface area contributed by atoms with Crippen LogP contribution in [0.2, 0.25) is 0 Å². The standard InChI is InChI=1S/C22H18F3N3O2/c1-12-22(30)27-21-17(26-12)5-4-15(20(21)25)10-28-7-6-13(9-28)8-14-2-3-16(11-29)19(24)18(14)23/h2-5,8,11H,6-7,9-10H2,1H3,(H,27,30)/b13-8-. The highest BCUT2D eigenvalue weighted by atomic mass is 19.2. The summed E-state index contributed by atoms with van der Waals surface area (Å²) < 4.78 is 42.8. The first-order valence-electron chi connectivity index (χ1n) is 9.40. The van der Waals surface area contributed by atoms with Crippen molar-refractivity contribution in [3.63, 3.8) is 0 Å². The number of halogens is 3. The van der Waals surface area contributed by atoms with Crippen LogP contribution in [0, 0.1) is 24.4 Å². The minimum Gasteiger partial charge on any atom is -0.317 e. The summed E-state index contributed by atoms with van der Waals surface area (Å²) in [5.41, 5.74) is 1.34. The van der Waals surface area contributed by atoms with E-state index < -0.39 is 23.0 Å². The molecule has 3 aromatic rings. The summed E-state index contributed by atoms with van der Waals surface area (Å²) >= 11 is 0. The molecule has 2 heterocycles. The van der Waals surface area contributed by atoms with Crippen LogP contribution in [0.15, 0.2) is 34.6 Å². The first kappa shape index (κ1) is 20.0. The summed E-state index contributed by atoms with van der Waals surface area (Å²) in [7, 11) is 0. The van der Waals surface area contributed by atoms with E-state index in [9.17, 15) is 22.8 Å². The SMILES string of the molecule is Cc1nc2ccc(CN3CC/C(=C/c4ccc(C=O)c(F)c4F)C3)c(F)c2[nH]c1=O. The average Bonchev–Trinajstić information content (AvgIpc) is 3.16. The van der Waals surface area contributed by atoms with E-state index in [0.29, 0.717) is 37.1 Å². The summed E-state index contributed by atoms with van der Waals surface area (Å²) in [6, 6.07) is 5.91. The minimum atomic E-state index is -1.16. The highest BCUT2D eigenvalue weighted by Gasteiger charge is 2.20. The van der Waals surface area contributed by atoms with Crippen LogP contribution in [0.4, 0.5) is 13.2 Å². The van der Waals surface area contributed by atoms with Crippen LogP contribution in [0.25, 0.3) is 17.1 Å². The van der Waals surface area contributed by atoms with Crippen molar-refractivity contribution in [2.75, 3.05) is 13.1 Å². The Kier molecular flexibility index (Phi) is 5.26. The van der Waals surface area contributed by atoms with Gasteiger partial charge >= 0.3 is 0 Å². The number of carbonyl (C=O) groups excluding carboxylic acids is 1. The van der Waals surface area contributed by atoms with Crippen LogP contribution < -0.4 is 5.56 Å². The monoisotopic (exact) mass is 413 g/mol. The predicted molar refractivity (Wildman–Crippen MR) is 107 cm³/mol. The molecule has 1 saturated heterocycles. The number of aldehydes is 1. The number of carbonyl (C=O) groups is 1. The number of H-pyrrole nitrogens is 1. The number of hydrogen-bond acceptors (Lipinski definition) is 4. The molecule has 8 heteroatoms. The van der Waals surface area contributed by atoms with Gasteiger partial charge in [-0.25, -0.2) is 18.2 Å². The number of nitrogens with zero attached hydrogens (tertiary/aromatic N) is 2. The Morgan fingerprint density at radius 3 is 2.60 bits per heavy atom. The van der Waals surface area contributed by atoms with Gasteiger partial charge in [0.2, 0.25) is 0 Å². The smallest absolute Gasteiger partial charge is 0.269 e. The van der Waals surface area contributed by atoms with Crippen molar-refractivity contribution in [1.82, 2.24) is 14.9 Å². The van der Waals surface area contributed by atoms with Crippen molar-refractivity contribution in [2.24, 2.45) is 0 Å². The van der Waals surface area contributed by atoms with Crippen molar-refractivity contribution in [3.05, 3.63) is 80.0 Å². The zero-order valence-corrected chi connectivity index (χ0v) is 16.1. The lowest BCUT2D eigenvalue weighted by molar-refractivity contribution is 0.111. The number of hydrogen-bond donors (Lipinski definition) is 1. The van der Waals surface area contributed by atoms with E-state index in [4.69, 9.17) is 0 Å². The van der Waals surface area contributed by atoms with Gasteiger partial charge in [-0.15, -0.1) is 0 Å². The fourth-order valence-electron chi connectivity index (χ4n) is 3.62. The summed E-state index contributed by atoms with van der Waals surface area (Å²) in [4.78, 5) is 31.1. The number of nitrogens with one attached hydrogen (secondary N) is 1. The Bertz CT molecular complexity index is 1250. The average molecular weight is 413 g/mol. The fraction of sp³-hybridized carbons (Fsp3) is 0.227. The van der Waals surface area contributed by atoms with Crippen LogP contribution >= 0.6 is 0 Å². The number of fused-ring (bicyclic) bond motifs is 1. The van der Waals surface area contributed by atoms with Crippen molar-refractivity contribution < 1.29 is 18.0 Å². The topological polar surface area (TPSA) is 66.1 Å². The molecule has 0 saturated carbocycles. The maximum Gasteiger partial charge on any atom is 0.269 e. The van der Waals surface area contributed by atoms with Crippen LogP contribution in [0.1, 0.15) is 33.6 Å². The molecule has 30 heavy (non-hydrogen) atoms. The summed E-state index contributed by atoms with van der Waals surface area (Å²) in [5, 5.41) is 0. The van der Waals surface area contributed by atoms with E-state index in [0.717, 1.165) is 5.57 Å². The van der Waals surface area contributed by atoms with Crippen LogP contribution in [-0.2, 0) is 6.54 Å². The molecule has 154 valence electrons. The van der Waals surface area contributed by atoms with Crippen LogP contribution in [-0.4, -0.2) is 34.2 Å². The lowest BCUT2D eigenvalue weighted by Gasteiger charge is -2.15. The van der Waals surface area contributed by atoms with Crippen molar-refractivity contribution >= 4 is 23.4 Å². The van der Waals surface area contributed by atoms with Gasteiger partial charge in [0.15, 0.2) is 23.7 Å². The highest BCUT2D eigenvalue weighted by molar-refractivity contribution is 5.76. The van der Waals surface area contributed by atoms with Gasteiger partial charge in [0.05, 0.1) is 11.1 Å². The van der Waals surface area contributed by atoms with Crippen LogP contribution in [0.3, 0.4) is 0 Å². The Morgan fingerprint density at radius 1 is 1.10 bits per heavy atom. The zero-order valence-electron chi connectivity index (χ0n) is 16.1. The van der Waals surface area contributed by atoms with Gasteiger partial charge in [-0.05, 0) is 25.5 Å². The van der Waals surface area contributed by atoms with Gasteiger partial charge in [0, 0.05) is 30.8 Å². The molecule has 1 aliphatic heterocycles. The lowest BCUT2D eigenvalue weighted by atomic mass is 10.1. The second-order valence-electron chi connectivity index (χ2n) is 7.34. The number of aromatic nitrogens is 2. The van der Waals surface area contributed by atoms with Gasteiger partial charge in [-0.2, -0.15) is 0 Å². The Hall–Kier alpha value is -3.26. The van der Waals surface area contributed by atoms with Gasteiger partial charge in [-0.3, -0.25) is 14.5 Å². The molecule has 0 atom stereocenters. The Labute approximate surface area is 169 Å². The largest absolute Gasteiger partial charge is 0.317 e. The molecule has 1 fully saturated rings. The predicted octanol–water partition coefficient (Wildman–Crippen LogP) is 3.75. The quantitative estimate of drug-likeness (QED) is 0.662. The lowest BCUT2D eigenvalue weighted by Crippen LogP contribution is -2.20. The normalized spacial score (nSPS) is 15.9.